The zero-order chi connectivity index (χ0) is 29.4. The predicted octanol–water partition coefficient (Wildman–Crippen LogP) is 7.79. The van der Waals surface area contributed by atoms with Gasteiger partial charge in [0.25, 0.3) is 0 Å². The number of hydrogen-bond donors (Lipinski definition) is 2. The number of hydrogen-bond acceptors (Lipinski definition) is 7. The fourth-order valence-corrected chi connectivity index (χ4v) is 5.96. The molecule has 3 N–H and O–H groups in total. The van der Waals surface area contributed by atoms with Crippen LogP contribution in [0, 0.1) is 0 Å². The number of para-hydroxylation sites is 2. The van der Waals surface area contributed by atoms with Crippen molar-refractivity contribution in [3.05, 3.63) is 85.8 Å². The summed E-state index contributed by atoms with van der Waals surface area (Å²) in [5, 5.41) is 4.13. The Hall–Kier alpha value is -2.78. The summed E-state index contributed by atoms with van der Waals surface area (Å²) in [5.41, 5.74) is 10.1. The number of carbonyl (C=O) groups excluding carboxylic acids is 2. The highest BCUT2D eigenvalue weighted by molar-refractivity contribution is 9.10. The summed E-state index contributed by atoms with van der Waals surface area (Å²) in [6.45, 7) is 0.510. The van der Waals surface area contributed by atoms with Crippen molar-refractivity contribution in [1.82, 2.24) is 4.90 Å². The largest absolute Gasteiger partial charge is 0.462 e. The van der Waals surface area contributed by atoms with Crippen molar-refractivity contribution in [3.63, 3.8) is 0 Å². The van der Waals surface area contributed by atoms with E-state index in [1.165, 1.54) is 32.1 Å². The predicted molar refractivity (Wildman–Crippen MR) is 168 cm³/mol. The molecule has 1 aliphatic carbocycles. The van der Waals surface area contributed by atoms with Crippen molar-refractivity contribution in [2.75, 3.05) is 31.3 Å². The van der Waals surface area contributed by atoms with E-state index in [0.717, 1.165) is 5.56 Å². The van der Waals surface area contributed by atoms with Crippen LogP contribution >= 0.6 is 39.1 Å². The smallest absolute Gasteiger partial charge is 0.338 e. The topological polar surface area (TPSA) is 93.9 Å². The van der Waals surface area contributed by atoms with Crippen molar-refractivity contribution in [2.24, 2.45) is 0 Å². The molecule has 0 radical (unpaired) electrons. The average Bonchev–Trinajstić information content (AvgIpc) is 2.96. The summed E-state index contributed by atoms with van der Waals surface area (Å²) in [4.78, 5) is 27.7. The number of nitrogens with one attached hydrogen (secondary N) is 1. The van der Waals surface area contributed by atoms with Crippen LogP contribution in [-0.2, 0) is 27.2 Å². The van der Waals surface area contributed by atoms with Crippen LogP contribution in [0.25, 0.3) is 0 Å². The first-order valence-electron chi connectivity index (χ1n) is 13.6. The molecule has 10 heteroatoms. The van der Waals surface area contributed by atoms with E-state index in [1.54, 1.807) is 30.3 Å². The van der Waals surface area contributed by atoms with Gasteiger partial charge in [0, 0.05) is 22.7 Å². The van der Waals surface area contributed by atoms with Crippen LogP contribution in [0.15, 0.2) is 59.1 Å². The van der Waals surface area contributed by atoms with Gasteiger partial charge < -0.3 is 20.5 Å². The number of nitrogens with zero attached hydrogens (tertiary/aromatic N) is 1. The molecule has 1 fully saturated rings. The Morgan fingerprint density at radius 3 is 2.39 bits per heavy atom. The Morgan fingerprint density at radius 2 is 1.66 bits per heavy atom. The van der Waals surface area contributed by atoms with Crippen molar-refractivity contribution >= 4 is 68.1 Å². The van der Waals surface area contributed by atoms with Gasteiger partial charge in [0.1, 0.15) is 13.2 Å². The number of ether oxygens (including phenoxy) is 2. The first-order valence-corrected chi connectivity index (χ1v) is 15.2. The minimum absolute atomic E-state index is 0.0158. The summed E-state index contributed by atoms with van der Waals surface area (Å²) < 4.78 is 11.4. The normalized spacial score (nSPS) is 13.7. The van der Waals surface area contributed by atoms with Gasteiger partial charge in [-0.05, 0) is 77.3 Å². The third-order valence-electron chi connectivity index (χ3n) is 7.22. The molecule has 0 aliphatic heterocycles. The van der Waals surface area contributed by atoms with Crippen LogP contribution < -0.4 is 11.1 Å². The molecule has 4 rings (SSSR count). The Kier molecular flexibility index (Phi) is 11.3. The second-order valence-corrected chi connectivity index (χ2v) is 11.8. The molecule has 7 nitrogen and oxygen atoms in total. The van der Waals surface area contributed by atoms with Gasteiger partial charge in [-0.3, -0.25) is 9.69 Å². The molecule has 41 heavy (non-hydrogen) atoms. The van der Waals surface area contributed by atoms with Crippen molar-refractivity contribution in [1.29, 1.82) is 0 Å². The maximum atomic E-state index is 12.8. The van der Waals surface area contributed by atoms with Crippen LogP contribution in [-0.4, -0.2) is 43.1 Å². The quantitative estimate of drug-likeness (QED) is 0.123. The number of carbonyl (C=O) groups is 2. The maximum absolute atomic E-state index is 12.8. The second kappa shape index (κ2) is 14.9. The van der Waals surface area contributed by atoms with Gasteiger partial charge >= 0.3 is 11.9 Å². The molecule has 0 saturated heterocycles. The Morgan fingerprint density at radius 1 is 0.976 bits per heavy atom. The van der Waals surface area contributed by atoms with Crippen molar-refractivity contribution < 1.29 is 19.1 Å². The first-order chi connectivity index (χ1) is 19.7. The molecule has 1 saturated carbocycles. The lowest BCUT2D eigenvalue weighted by Gasteiger charge is -2.31. The Balaban J connectivity index is 1.28. The van der Waals surface area contributed by atoms with Crippen LogP contribution in [0.2, 0.25) is 10.0 Å². The van der Waals surface area contributed by atoms with Gasteiger partial charge in [-0.25, -0.2) is 4.79 Å². The second-order valence-electron chi connectivity index (χ2n) is 10.1. The van der Waals surface area contributed by atoms with E-state index in [9.17, 15) is 9.59 Å². The number of nitrogens with two attached hydrogens (primary N) is 1. The molecule has 3 aromatic rings. The minimum Gasteiger partial charge on any atom is -0.462 e. The van der Waals surface area contributed by atoms with E-state index in [-0.39, 0.29) is 19.6 Å². The number of benzene rings is 3. The molecule has 0 spiro atoms. The summed E-state index contributed by atoms with van der Waals surface area (Å²) in [7, 11) is 2.10. The van der Waals surface area contributed by atoms with Crippen molar-refractivity contribution in [2.45, 2.75) is 51.1 Å². The maximum Gasteiger partial charge on any atom is 0.338 e. The van der Waals surface area contributed by atoms with E-state index >= 15 is 0 Å². The molecule has 3 aromatic carbocycles. The number of esters is 2. The van der Waals surface area contributed by atoms with Crippen LogP contribution in [0.5, 0.6) is 0 Å². The lowest BCUT2D eigenvalue weighted by Crippen LogP contribution is -2.33. The third-order valence-corrected chi connectivity index (χ3v) is 8.51. The summed E-state index contributed by atoms with van der Waals surface area (Å²) in [6, 6.07) is 16.5. The van der Waals surface area contributed by atoms with Crippen LogP contribution in [0.3, 0.4) is 0 Å². The van der Waals surface area contributed by atoms with E-state index in [0.29, 0.717) is 55.3 Å². The number of nitrogen functional groups attached to an aromatic ring is 1. The van der Waals surface area contributed by atoms with Crippen LogP contribution in [0.1, 0.15) is 53.6 Å². The fourth-order valence-electron chi connectivity index (χ4n) is 4.97. The zero-order valence-electron chi connectivity index (χ0n) is 22.9. The van der Waals surface area contributed by atoms with E-state index in [4.69, 9.17) is 38.4 Å². The lowest BCUT2D eigenvalue weighted by molar-refractivity contribution is -0.143. The molecule has 218 valence electrons. The monoisotopic (exact) mass is 661 g/mol. The van der Waals surface area contributed by atoms with Crippen LogP contribution in [0.4, 0.5) is 17.1 Å². The third kappa shape index (κ3) is 8.61. The van der Waals surface area contributed by atoms with E-state index < -0.39 is 11.9 Å². The lowest BCUT2D eigenvalue weighted by atomic mass is 9.94. The standard InChI is InChI=1S/C31H34BrCl2N3O4/c1-37(23-9-3-2-4-10-23)19-22-16-21(17-24(32)29(22)35)31(39)41-15-14-40-28(38)18-20-8-5-6-13-27(20)36-30-25(33)11-7-12-26(30)34/h5-8,11-13,16-17,23,36H,2-4,9-10,14-15,18-19,35H2,1H3. The molecule has 0 bridgehead atoms. The highest BCUT2D eigenvalue weighted by Gasteiger charge is 2.21. The Bertz CT molecular complexity index is 1360. The number of anilines is 3. The Labute approximate surface area is 259 Å². The fraction of sp³-hybridized carbons (Fsp3) is 0.355. The van der Waals surface area contributed by atoms with Gasteiger partial charge in [0.05, 0.1) is 33.4 Å². The SMILES string of the molecule is CN(Cc1cc(C(=O)OCCOC(=O)Cc2ccccc2Nc2c(Cl)cccc2Cl)cc(Br)c1N)C1CCCCC1. The molecule has 0 atom stereocenters. The summed E-state index contributed by atoms with van der Waals surface area (Å²) >= 11 is 16.0. The van der Waals surface area contributed by atoms with E-state index in [2.05, 4.69) is 33.2 Å². The van der Waals surface area contributed by atoms with Crippen molar-refractivity contribution in [3.8, 4) is 0 Å². The highest BCUT2D eigenvalue weighted by atomic mass is 79.9. The zero-order valence-corrected chi connectivity index (χ0v) is 26.0. The van der Waals surface area contributed by atoms with Gasteiger partial charge in [-0.15, -0.1) is 0 Å². The first kappa shape index (κ1) is 31.2. The van der Waals surface area contributed by atoms with Gasteiger partial charge in [0.2, 0.25) is 0 Å². The molecular formula is C31H34BrCl2N3O4. The molecule has 0 heterocycles. The molecule has 0 aromatic heterocycles. The molecule has 0 amide bonds. The summed E-state index contributed by atoms with van der Waals surface area (Å²) in [5.74, 6) is -0.960. The summed E-state index contributed by atoms with van der Waals surface area (Å²) in [6.07, 6.45) is 6.14. The molecular weight excluding hydrogens is 629 g/mol. The average molecular weight is 663 g/mol. The molecule has 0 unspecified atom stereocenters. The van der Waals surface area contributed by atoms with Gasteiger partial charge in [-0.1, -0.05) is 66.7 Å². The molecule has 1 aliphatic rings. The van der Waals surface area contributed by atoms with E-state index in [1.807, 2.05) is 24.3 Å². The minimum atomic E-state index is -0.505. The number of rotatable bonds is 11. The van der Waals surface area contributed by atoms with Gasteiger partial charge in [-0.2, -0.15) is 0 Å². The van der Waals surface area contributed by atoms with Gasteiger partial charge in [0.15, 0.2) is 0 Å². The highest BCUT2D eigenvalue weighted by Crippen LogP contribution is 2.34. The number of halogens is 3.